The third-order valence-electron chi connectivity index (χ3n) is 12.7. The first-order valence-electron chi connectivity index (χ1n) is 22.5. The molecule has 2 aromatic heterocycles. The number of rotatable bonds is 10. The van der Waals surface area contributed by atoms with Crippen molar-refractivity contribution in [3.05, 3.63) is 76.3 Å². The van der Waals surface area contributed by atoms with Crippen molar-refractivity contribution in [1.82, 2.24) is 34.8 Å². The summed E-state index contributed by atoms with van der Waals surface area (Å²) in [6.45, 7) is 10.8. The minimum absolute atomic E-state index is 0.0278. The first-order valence-corrected chi connectivity index (χ1v) is 25.2. The zero-order valence-electron chi connectivity index (χ0n) is 37.7. The fraction of sp³-hybridized carbons (Fsp3) is 0.532. The number of nitrogens with zero attached hydrogens (tertiary/aromatic N) is 4. The number of alkyl carbamates (subject to hydrolysis) is 1. The van der Waals surface area contributed by atoms with Gasteiger partial charge in [-0.2, -0.15) is 4.98 Å². The maximum atomic E-state index is 14.8. The van der Waals surface area contributed by atoms with Crippen LogP contribution < -0.4 is 20.1 Å². The highest BCUT2D eigenvalue weighted by molar-refractivity contribution is 7.91. The molecule has 8 rings (SSSR count). The van der Waals surface area contributed by atoms with Gasteiger partial charge in [0.05, 0.1) is 22.5 Å². The average molecular weight is 949 g/mol. The number of fused-ring (bicyclic) bond motifs is 3. The van der Waals surface area contributed by atoms with E-state index < -0.39 is 73.8 Å². The summed E-state index contributed by atoms with van der Waals surface area (Å²) in [5, 5.41) is 9.21. The van der Waals surface area contributed by atoms with Crippen LogP contribution in [0.4, 0.5) is 4.79 Å². The molecule has 0 radical (unpaired) electrons. The molecule has 4 aliphatic rings. The van der Waals surface area contributed by atoms with E-state index in [-0.39, 0.29) is 25.4 Å². The van der Waals surface area contributed by atoms with Crippen molar-refractivity contribution < 1.29 is 37.1 Å². The molecule has 2 saturated carbocycles. The number of carbonyl (C=O) groups excluding carboxylic acids is 4. The van der Waals surface area contributed by atoms with Gasteiger partial charge in [-0.1, -0.05) is 54.8 Å². The Morgan fingerprint density at radius 2 is 1.82 bits per heavy atom. The highest BCUT2D eigenvalue weighted by Gasteiger charge is 2.63. The van der Waals surface area contributed by atoms with Gasteiger partial charge < -0.3 is 25.0 Å². The predicted molar refractivity (Wildman–Crippen MR) is 249 cm³/mol. The van der Waals surface area contributed by atoms with Crippen LogP contribution in [0.25, 0.3) is 21.6 Å². The lowest BCUT2D eigenvalue weighted by Gasteiger charge is -2.30. The summed E-state index contributed by atoms with van der Waals surface area (Å²) < 4.78 is 42.1. The zero-order chi connectivity index (χ0) is 46.5. The highest BCUT2D eigenvalue weighted by Crippen LogP contribution is 2.48. The van der Waals surface area contributed by atoms with Gasteiger partial charge in [0, 0.05) is 40.8 Å². The van der Waals surface area contributed by atoms with Crippen molar-refractivity contribution >= 4 is 67.8 Å². The number of ether oxygens (including phenoxy) is 2. The number of benzene rings is 2. The maximum Gasteiger partial charge on any atom is 0.408 e. The van der Waals surface area contributed by atoms with Gasteiger partial charge in [0.2, 0.25) is 21.8 Å². The molecule has 65 heavy (non-hydrogen) atoms. The molecule has 5 atom stereocenters. The van der Waals surface area contributed by atoms with E-state index in [1.165, 1.54) is 16.2 Å². The Labute approximate surface area is 389 Å². The van der Waals surface area contributed by atoms with E-state index in [9.17, 15) is 27.6 Å². The van der Waals surface area contributed by atoms with E-state index in [0.717, 1.165) is 40.2 Å². The summed E-state index contributed by atoms with van der Waals surface area (Å²) in [4.78, 5) is 68.1. The molecule has 4 amide bonds. The molecule has 1 saturated heterocycles. The van der Waals surface area contributed by atoms with E-state index in [1.807, 2.05) is 78.4 Å². The number of para-hydroxylation sites is 1. The van der Waals surface area contributed by atoms with Gasteiger partial charge in [-0.05, 0) is 110 Å². The summed E-state index contributed by atoms with van der Waals surface area (Å²) in [6, 6.07) is 11.6. The summed E-state index contributed by atoms with van der Waals surface area (Å²) >= 11 is 7.64. The first kappa shape index (κ1) is 46.5. The summed E-state index contributed by atoms with van der Waals surface area (Å²) in [5.74, 6) is -2.38. The van der Waals surface area contributed by atoms with E-state index in [1.54, 1.807) is 27.7 Å². The second-order valence-corrected chi connectivity index (χ2v) is 22.9. The molecular weight excluding hydrogens is 890 g/mol. The molecule has 4 aromatic rings. The highest BCUT2D eigenvalue weighted by atomic mass is 35.5. The van der Waals surface area contributed by atoms with Crippen LogP contribution >= 0.6 is 22.9 Å². The van der Waals surface area contributed by atoms with Crippen molar-refractivity contribution in [2.24, 2.45) is 5.92 Å². The van der Waals surface area contributed by atoms with Gasteiger partial charge in [0.15, 0.2) is 0 Å². The lowest BCUT2D eigenvalue weighted by atomic mass is 10.0. The van der Waals surface area contributed by atoms with Crippen LogP contribution in [-0.4, -0.2) is 92.3 Å². The van der Waals surface area contributed by atoms with E-state index in [0.29, 0.717) is 55.1 Å². The Kier molecular flexibility index (Phi) is 12.9. The quantitative estimate of drug-likeness (QED) is 0.133. The summed E-state index contributed by atoms with van der Waals surface area (Å²) in [6.07, 6.45) is 7.17. The van der Waals surface area contributed by atoms with Crippen LogP contribution in [-0.2, 0) is 35.6 Å². The molecule has 3 fully saturated rings. The van der Waals surface area contributed by atoms with Crippen molar-refractivity contribution in [3.8, 4) is 16.6 Å². The Morgan fingerprint density at radius 1 is 1.06 bits per heavy atom. The van der Waals surface area contributed by atoms with Crippen LogP contribution in [0.1, 0.15) is 117 Å². The normalized spacial score (nSPS) is 24.6. The maximum absolute atomic E-state index is 14.8. The third kappa shape index (κ3) is 10.1. The van der Waals surface area contributed by atoms with Crippen molar-refractivity contribution in [3.63, 3.8) is 0 Å². The molecule has 3 N–H and O–H groups in total. The molecule has 15 nitrogen and oxygen atoms in total. The smallest absolute Gasteiger partial charge is 0.408 e. The standard InChI is InChI=1S/C47H58ClN7O8S2/c1-28(2)55-36-16-12-14-34(40-49-32(27-64-40)23-29-17-19-31(48)20-18-29)38(36)51-43(55)62-33-24-37-39(56)52-47(42(58)53-65(60,61)46(6)21-22-46)25-30(47)13-10-8-7-9-11-15-35(41(57)54(37)26-33)50-44(59)63-45(3,4)5/h10,12-14,16-20,27-28,30,33,35,37H,7-9,11,15,21-26H2,1-6H3,(H,50,59)(H,52,56)(H,53,58). The Hall–Kier alpha value is -5.00. The largest absolute Gasteiger partial charge is 0.459 e. The number of aromatic nitrogens is 3. The molecule has 18 heteroatoms. The number of hydrogen-bond donors (Lipinski definition) is 3. The van der Waals surface area contributed by atoms with E-state index >= 15 is 0 Å². The van der Waals surface area contributed by atoms with Crippen LogP contribution in [0.2, 0.25) is 5.02 Å². The number of carbonyl (C=O) groups is 4. The molecular formula is C47H58ClN7O8S2. The number of halogens is 1. The number of hydrogen-bond acceptors (Lipinski definition) is 11. The summed E-state index contributed by atoms with van der Waals surface area (Å²) in [7, 11) is -4.02. The van der Waals surface area contributed by atoms with Crippen LogP contribution in [0.3, 0.4) is 0 Å². The molecule has 0 spiro atoms. The zero-order valence-corrected chi connectivity index (χ0v) is 40.1. The molecule has 2 aromatic carbocycles. The Morgan fingerprint density at radius 3 is 2.52 bits per heavy atom. The van der Waals surface area contributed by atoms with Gasteiger partial charge in [-0.25, -0.2) is 18.2 Å². The predicted octanol–water partition coefficient (Wildman–Crippen LogP) is 7.62. The Balaban J connectivity index is 1.11. The lowest BCUT2D eigenvalue weighted by molar-refractivity contribution is -0.141. The first-order chi connectivity index (χ1) is 30.8. The fourth-order valence-corrected chi connectivity index (χ4v) is 11.0. The minimum atomic E-state index is -4.02. The average Bonchev–Trinajstić information content (AvgIpc) is 3.92. The van der Waals surface area contributed by atoms with Crippen LogP contribution in [0, 0.1) is 5.92 Å². The van der Waals surface area contributed by atoms with Gasteiger partial charge in [0.25, 0.3) is 11.9 Å². The second-order valence-electron chi connectivity index (χ2n) is 19.4. The molecule has 0 bridgehead atoms. The monoisotopic (exact) mass is 947 g/mol. The van der Waals surface area contributed by atoms with Gasteiger partial charge >= 0.3 is 6.09 Å². The topological polar surface area (TPSA) is 191 Å². The minimum Gasteiger partial charge on any atom is -0.459 e. The lowest BCUT2D eigenvalue weighted by Crippen LogP contribution is -2.58. The number of sulfonamides is 1. The third-order valence-corrected chi connectivity index (χ3v) is 16.1. The van der Waals surface area contributed by atoms with E-state index in [2.05, 4.69) is 15.4 Å². The fourth-order valence-electron chi connectivity index (χ4n) is 8.72. The van der Waals surface area contributed by atoms with Gasteiger partial charge in [-0.3, -0.25) is 23.7 Å². The number of nitrogens with one attached hydrogen (secondary N) is 3. The number of amides is 4. The second kappa shape index (κ2) is 18.0. The van der Waals surface area contributed by atoms with Crippen LogP contribution in [0.5, 0.6) is 6.01 Å². The number of imidazole rings is 1. The molecule has 5 unspecified atom stereocenters. The molecule has 2 aliphatic heterocycles. The van der Waals surface area contributed by atoms with Crippen LogP contribution in [0.15, 0.2) is 60.0 Å². The molecule has 4 heterocycles. The van der Waals surface area contributed by atoms with Crippen molar-refractivity contribution in [1.29, 1.82) is 0 Å². The SMILES string of the molecule is CC(C)n1c(OC2CC3C(=O)NC4(C(=O)NS(=O)(=O)C5(C)CC5)CC4C=CCCCCCC(NC(=O)OC(C)(C)C)C(=O)N3C2)nc2c(-c3nc(Cc4ccc(Cl)cc4)cs3)cccc21. The van der Waals surface area contributed by atoms with Crippen molar-refractivity contribution in [2.45, 2.75) is 146 Å². The van der Waals surface area contributed by atoms with Crippen molar-refractivity contribution in [2.75, 3.05) is 6.54 Å². The Bertz CT molecular complexity index is 2620. The van der Waals surface area contributed by atoms with E-state index in [4.69, 9.17) is 31.0 Å². The number of thiazole rings is 1. The summed E-state index contributed by atoms with van der Waals surface area (Å²) in [5.41, 5.74) is 1.97. The molecule has 2 aliphatic carbocycles. The number of allylic oxidation sites excluding steroid dienone is 1. The van der Waals surface area contributed by atoms with Gasteiger partial charge in [0.1, 0.15) is 39.9 Å². The van der Waals surface area contributed by atoms with Gasteiger partial charge in [-0.15, -0.1) is 11.3 Å². The molecule has 348 valence electrons.